The van der Waals surface area contributed by atoms with E-state index in [4.69, 9.17) is 59.3 Å². The largest absolute Gasteiger partial charge is 0.481 e. The molecule has 1 rings (SSSR count). The predicted octanol–water partition coefficient (Wildman–Crippen LogP) is -2.19. The molecule has 0 saturated carbocycles. The molecule has 0 radical (unpaired) electrons. The Bertz CT molecular complexity index is 799. The standard InChI is InChI=1S/C6H12N2O4S2.C6H14N2O2.C5H9NO4.C5H9NO2/c7-3(5(9)10)1-13-14-2-4(8)6(11)12;7-4-2-1-3-5(8)6(9)10;6-3(5(9)10)1-2-4(7)8;7-5(8)4-2-1-3-6-4/h3-4H,1-2,7-8H2,(H,9,10)(H,11,12);5H,1-4,7-8H2,(H,9,10);3H,1-2,6H2,(H,7,8)(H,9,10);4,6H,1-3H2,(H,7,8)/t;;;4-/m...0/s1. The minimum Gasteiger partial charge on any atom is -0.481 e. The molecule has 4 unspecified atom stereocenters. The Morgan fingerprint density at radius 1 is 0.690 bits per heavy atom. The molecule has 0 spiro atoms. The van der Waals surface area contributed by atoms with Crippen molar-refractivity contribution in [2.45, 2.75) is 75.2 Å². The molecule has 0 aromatic carbocycles. The Hall–Kier alpha value is -2.72. The topological polar surface area (TPSA) is 366 Å². The van der Waals surface area contributed by atoms with E-state index in [2.05, 4.69) is 5.32 Å². The quantitative estimate of drug-likeness (QED) is 0.0588. The minimum absolute atomic E-state index is 0.0231. The maximum absolute atomic E-state index is 10.3. The van der Waals surface area contributed by atoms with Gasteiger partial charge in [-0.3, -0.25) is 28.8 Å². The van der Waals surface area contributed by atoms with Gasteiger partial charge in [0.05, 0.1) is 0 Å². The zero-order valence-corrected chi connectivity index (χ0v) is 24.6. The van der Waals surface area contributed by atoms with Crippen LogP contribution in [0.5, 0.6) is 0 Å². The molecule has 5 atom stereocenters. The Balaban J connectivity index is -0.000000492. The van der Waals surface area contributed by atoms with Crippen molar-refractivity contribution in [1.82, 2.24) is 5.32 Å². The Morgan fingerprint density at radius 3 is 1.40 bits per heavy atom. The van der Waals surface area contributed by atoms with E-state index in [-0.39, 0.29) is 30.4 Å². The summed E-state index contributed by atoms with van der Waals surface area (Å²) >= 11 is 0. The number of hydrogen-bond acceptors (Lipinski definition) is 14. The van der Waals surface area contributed by atoms with Crippen LogP contribution in [-0.2, 0) is 28.8 Å². The van der Waals surface area contributed by atoms with Crippen LogP contribution in [-0.4, -0.2) is 121 Å². The maximum atomic E-state index is 10.3. The number of carbonyl (C=O) groups is 6. The molecule has 1 saturated heterocycles. The predicted molar refractivity (Wildman–Crippen MR) is 156 cm³/mol. The van der Waals surface area contributed by atoms with Gasteiger partial charge in [0, 0.05) is 17.9 Å². The van der Waals surface area contributed by atoms with Gasteiger partial charge >= 0.3 is 35.8 Å². The highest BCUT2D eigenvalue weighted by molar-refractivity contribution is 8.76. The fraction of sp³-hybridized carbons (Fsp3) is 0.727. The Labute approximate surface area is 250 Å². The number of rotatable bonds is 17. The van der Waals surface area contributed by atoms with E-state index in [0.29, 0.717) is 13.0 Å². The fourth-order valence-electron chi connectivity index (χ4n) is 2.32. The van der Waals surface area contributed by atoms with Crippen LogP contribution < -0.4 is 34.0 Å². The Morgan fingerprint density at radius 2 is 1.12 bits per heavy atom. The number of nitrogens with one attached hydrogen (secondary N) is 1. The third-order valence-corrected chi connectivity index (χ3v) is 7.32. The van der Waals surface area contributed by atoms with Crippen molar-refractivity contribution in [3.63, 3.8) is 0 Å². The summed E-state index contributed by atoms with van der Waals surface area (Å²) in [5.41, 5.74) is 25.8. The lowest BCUT2D eigenvalue weighted by atomic mass is 10.1. The van der Waals surface area contributed by atoms with Gasteiger partial charge in [0.15, 0.2) is 0 Å². The SMILES string of the molecule is NC(CCC(=O)O)C(=O)O.NC(CSSCC(N)C(=O)O)C(=O)O.NCCCCC(N)C(=O)O.O=C(O)[C@@H]1CCCN1. The average Bonchev–Trinajstić information content (AvgIpc) is 3.46. The zero-order chi connectivity index (χ0) is 33.3. The van der Waals surface area contributed by atoms with Gasteiger partial charge in [0.1, 0.15) is 30.2 Å². The molecule has 0 aliphatic carbocycles. The van der Waals surface area contributed by atoms with Crippen LogP contribution in [0.4, 0.5) is 0 Å². The molecule has 0 bridgehead atoms. The number of hydrogen-bond donors (Lipinski definition) is 12. The van der Waals surface area contributed by atoms with Gasteiger partial charge < -0.3 is 64.6 Å². The summed E-state index contributed by atoms with van der Waals surface area (Å²) < 4.78 is 0. The first kappa shape index (κ1) is 43.7. The van der Waals surface area contributed by atoms with Crippen LogP contribution in [0.25, 0.3) is 0 Å². The number of carboxylic acids is 6. The molecule has 0 aromatic rings. The lowest BCUT2D eigenvalue weighted by Crippen LogP contribution is -2.33. The first-order chi connectivity index (χ1) is 19.5. The number of unbranched alkanes of at least 4 members (excludes halogenated alkanes) is 1. The monoisotopic (exact) mass is 648 g/mol. The van der Waals surface area contributed by atoms with Crippen molar-refractivity contribution in [2.24, 2.45) is 28.7 Å². The summed E-state index contributed by atoms with van der Waals surface area (Å²) in [4.78, 5) is 60.7. The molecule has 0 aromatic heterocycles. The smallest absolute Gasteiger partial charge is 0.321 e. The van der Waals surface area contributed by atoms with Gasteiger partial charge in [-0.1, -0.05) is 28.0 Å². The van der Waals surface area contributed by atoms with Gasteiger partial charge in [-0.2, -0.15) is 0 Å². The van der Waals surface area contributed by atoms with Crippen LogP contribution in [0.2, 0.25) is 0 Å². The van der Waals surface area contributed by atoms with Crippen LogP contribution in [0.15, 0.2) is 0 Å². The maximum Gasteiger partial charge on any atom is 0.321 e. The molecule has 17 N–H and O–H groups in total. The summed E-state index contributed by atoms with van der Waals surface area (Å²) in [5, 5.41) is 52.6. The molecule has 1 aliphatic heterocycles. The van der Waals surface area contributed by atoms with Gasteiger partial charge in [-0.05, 0) is 45.2 Å². The summed E-state index contributed by atoms with van der Waals surface area (Å²) in [7, 11) is 2.41. The van der Waals surface area contributed by atoms with Gasteiger partial charge in [0.25, 0.3) is 0 Å². The second-order valence-electron chi connectivity index (χ2n) is 8.55. The lowest BCUT2D eigenvalue weighted by molar-refractivity contribution is -0.141. The number of nitrogens with two attached hydrogens (primary N) is 5. The Kier molecular flexibility index (Phi) is 28.3. The molecule has 1 aliphatic rings. The molecule has 18 nitrogen and oxygen atoms in total. The van der Waals surface area contributed by atoms with E-state index in [1.807, 2.05) is 0 Å². The van der Waals surface area contributed by atoms with E-state index in [0.717, 1.165) is 32.2 Å². The molecule has 246 valence electrons. The van der Waals surface area contributed by atoms with E-state index in [1.54, 1.807) is 0 Å². The third-order valence-electron chi connectivity index (χ3n) is 4.84. The van der Waals surface area contributed by atoms with E-state index >= 15 is 0 Å². The molecule has 20 heteroatoms. The van der Waals surface area contributed by atoms with Crippen LogP contribution >= 0.6 is 21.6 Å². The van der Waals surface area contributed by atoms with Crippen molar-refractivity contribution in [1.29, 1.82) is 0 Å². The van der Waals surface area contributed by atoms with E-state index < -0.39 is 60.0 Å². The van der Waals surface area contributed by atoms with Crippen LogP contribution in [0.1, 0.15) is 44.9 Å². The van der Waals surface area contributed by atoms with Crippen molar-refractivity contribution in [2.75, 3.05) is 24.6 Å². The normalized spacial score (nSPS) is 16.4. The van der Waals surface area contributed by atoms with E-state index in [9.17, 15) is 28.8 Å². The molecule has 1 heterocycles. The molecule has 42 heavy (non-hydrogen) atoms. The van der Waals surface area contributed by atoms with Crippen molar-refractivity contribution in [3.8, 4) is 0 Å². The van der Waals surface area contributed by atoms with E-state index in [1.165, 1.54) is 21.6 Å². The highest BCUT2D eigenvalue weighted by Gasteiger charge is 2.20. The van der Waals surface area contributed by atoms with Gasteiger partial charge in [-0.25, -0.2) is 0 Å². The molecular weight excluding hydrogens is 604 g/mol. The number of carboxylic acid groups (broad SMARTS) is 6. The van der Waals surface area contributed by atoms with Crippen molar-refractivity contribution < 1.29 is 59.4 Å². The molecule has 0 amide bonds. The molecular formula is C22H44N6O12S2. The first-order valence-corrected chi connectivity index (χ1v) is 15.0. The summed E-state index contributed by atoms with van der Waals surface area (Å²) in [5.74, 6) is -5.53. The van der Waals surface area contributed by atoms with Gasteiger partial charge in [0.2, 0.25) is 0 Å². The fourth-order valence-corrected chi connectivity index (χ4v) is 4.54. The van der Waals surface area contributed by atoms with Crippen molar-refractivity contribution in [3.05, 3.63) is 0 Å². The summed E-state index contributed by atoms with van der Waals surface area (Å²) in [6.07, 6.45) is 3.72. The van der Waals surface area contributed by atoms with Crippen molar-refractivity contribution >= 4 is 57.4 Å². The van der Waals surface area contributed by atoms with Crippen LogP contribution in [0.3, 0.4) is 0 Å². The average molecular weight is 649 g/mol. The third kappa shape index (κ3) is 28.8. The van der Waals surface area contributed by atoms with Crippen LogP contribution in [0, 0.1) is 0 Å². The number of aliphatic carboxylic acids is 6. The lowest BCUT2D eigenvalue weighted by Gasteiger charge is -2.07. The van der Waals surface area contributed by atoms with Gasteiger partial charge in [-0.15, -0.1) is 0 Å². The summed E-state index contributed by atoms with van der Waals surface area (Å²) in [6, 6.07) is -3.89. The minimum atomic E-state index is -1.17. The highest BCUT2D eigenvalue weighted by atomic mass is 33.1. The highest BCUT2D eigenvalue weighted by Crippen LogP contribution is 2.22. The summed E-state index contributed by atoms with van der Waals surface area (Å²) in [6.45, 7) is 1.46. The second kappa shape index (κ2) is 27.1. The molecule has 1 fully saturated rings. The zero-order valence-electron chi connectivity index (χ0n) is 23.0. The first-order valence-electron chi connectivity index (χ1n) is 12.5. The second-order valence-corrected chi connectivity index (χ2v) is 11.1.